The first-order chi connectivity index (χ1) is 14.4. The van der Waals surface area contributed by atoms with Crippen LogP contribution in [0.2, 0.25) is 0 Å². The molecule has 1 unspecified atom stereocenters. The van der Waals surface area contributed by atoms with Gasteiger partial charge in [0.05, 0.1) is 4.47 Å². The van der Waals surface area contributed by atoms with Crippen molar-refractivity contribution < 1.29 is 14.3 Å². The maximum Gasteiger partial charge on any atom is 0.261 e. The Hall–Kier alpha value is -2.34. The van der Waals surface area contributed by atoms with E-state index in [-0.39, 0.29) is 18.4 Å². The molecule has 0 aromatic heterocycles. The fourth-order valence-corrected chi connectivity index (χ4v) is 3.72. The molecule has 0 bridgehead atoms. The second-order valence-corrected chi connectivity index (χ2v) is 8.31. The number of likely N-dealkylation sites (N-methyl/N-ethyl adjacent to an activating group) is 1. The number of nitrogens with zero attached hydrogens (tertiary/aromatic N) is 1. The smallest absolute Gasteiger partial charge is 0.261 e. The molecule has 30 heavy (non-hydrogen) atoms. The Balaban J connectivity index is 2.18. The van der Waals surface area contributed by atoms with Crippen molar-refractivity contribution in [1.82, 2.24) is 10.2 Å². The lowest BCUT2D eigenvalue weighted by molar-refractivity contribution is -0.142. The van der Waals surface area contributed by atoms with E-state index in [2.05, 4.69) is 35.1 Å². The van der Waals surface area contributed by atoms with E-state index in [4.69, 9.17) is 4.74 Å². The summed E-state index contributed by atoms with van der Waals surface area (Å²) >= 11 is 3.53. The van der Waals surface area contributed by atoms with Gasteiger partial charge in [-0.25, -0.2) is 0 Å². The van der Waals surface area contributed by atoms with Crippen molar-refractivity contribution in [2.75, 3.05) is 13.2 Å². The van der Waals surface area contributed by atoms with Crippen molar-refractivity contribution in [1.29, 1.82) is 0 Å². The average Bonchev–Trinajstić information content (AvgIpc) is 2.73. The maximum atomic E-state index is 13.1. The van der Waals surface area contributed by atoms with Crippen LogP contribution in [-0.4, -0.2) is 35.9 Å². The number of ether oxygens (including phenoxy) is 1. The van der Waals surface area contributed by atoms with E-state index in [0.29, 0.717) is 31.2 Å². The number of hydrogen-bond acceptors (Lipinski definition) is 3. The zero-order valence-electron chi connectivity index (χ0n) is 18.2. The standard InChI is InChI=1S/C24H31BrN2O3/c1-5-21(24(29)26-6-2)27(15-18-10-8-7-9-11-18)23(28)16-30-22-13-12-19(17(3)4)14-20(22)25/h7-14,17,21H,5-6,15-16H2,1-4H3,(H,26,29). The highest BCUT2D eigenvalue weighted by atomic mass is 79.9. The number of hydrogen-bond donors (Lipinski definition) is 1. The van der Waals surface area contributed by atoms with Crippen LogP contribution in [0.15, 0.2) is 53.0 Å². The average molecular weight is 475 g/mol. The van der Waals surface area contributed by atoms with Gasteiger partial charge in [-0.15, -0.1) is 0 Å². The van der Waals surface area contributed by atoms with Gasteiger partial charge in [0.2, 0.25) is 5.91 Å². The fraction of sp³-hybridized carbons (Fsp3) is 0.417. The van der Waals surface area contributed by atoms with Gasteiger partial charge in [-0.05, 0) is 58.5 Å². The SMILES string of the molecule is CCNC(=O)C(CC)N(Cc1ccccc1)C(=O)COc1ccc(C(C)C)cc1Br. The molecule has 2 amide bonds. The Bertz CT molecular complexity index is 840. The summed E-state index contributed by atoms with van der Waals surface area (Å²) in [7, 11) is 0. The van der Waals surface area contributed by atoms with Crippen molar-refractivity contribution in [3.8, 4) is 5.75 Å². The quantitative estimate of drug-likeness (QED) is 0.532. The third-order valence-electron chi connectivity index (χ3n) is 4.91. The second kappa shape index (κ2) is 11.7. The molecule has 0 aliphatic rings. The summed E-state index contributed by atoms with van der Waals surface area (Å²) in [4.78, 5) is 27.3. The van der Waals surface area contributed by atoms with Gasteiger partial charge in [-0.3, -0.25) is 9.59 Å². The lowest BCUT2D eigenvalue weighted by Gasteiger charge is -2.30. The fourth-order valence-electron chi connectivity index (χ4n) is 3.21. The third kappa shape index (κ3) is 6.59. The molecule has 0 fully saturated rings. The molecule has 0 saturated carbocycles. The minimum absolute atomic E-state index is 0.137. The Morgan fingerprint density at radius 3 is 2.37 bits per heavy atom. The summed E-state index contributed by atoms with van der Waals surface area (Å²) in [5, 5.41) is 2.84. The number of benzene rings is 2. The summed E-state index contributed by atoms with van der Waals surface area (Å²) < 4.78 is 6.63. The highest BCUT2D eigenvalue weighted by molar-refractivity contribution is 9.10. The summed E-state index contributed by atoms with van der Waals surface area (Å²) in [5.74, 6) is 0.641. The van der Waals surface area contributed by atoms with Crippen LogP contribution in [-0.2, 0) is 16.1 Å². The summed E-state index contributed by atoms with van der Waals surface area (Å²) in [6.45, 7) is 8.77. The molecule has 2 aromatic rings. The van der Waals surface area contributed by atoms with Gasteiger partial charge in [-0.2, -0.15) is 0 Å². The largest absolute Gasteiger partial charge is 0.483 e. The summed E-state index contributed by atoms with van der Waals surface area (Å²) in [6.07, 6.45) is 0.525. The van der Waals surface area contributed by atoms with E-state index >= 15 is 0 Å². The number of halogens is 1. The predicted molar refractivity (Wildman–Crippen MR) is 123 cm³/mol. The van der Waals surface area contributed by atoms with Gasteiger partial charge < -0.3 is 15.0 Å². The third-order valence-corrected chi connectivity index (χ3v) is 5.53. The Morgan fingerprint density at radius 1 is 1.10 bits per heavy atom. The Morgan fingerprint density at radius 2 is 1.80 bits per heavy atom. The molecule has 0 heterocycles. The van der Waals surface area contributed by atoms with E-state index < -0.39 is 6.04 Å². The van der Waals surface area contributed by atoms with E-state index in [9.17, 15) is 9.59 Å². The minimum Gasteiger partial charge on any atom is -0.483 e. The lowest BCUT2D eigenvalue weighted by Crippen LogP contribution is -2.50. The van der Waals surface area contributed by atoms with Crippen molar-refractivity contribution in [2.45, 2.75) is 52.6 Å². The van der Waals surface area contributed by atoms with Crippen LogP contribution in [0, 0.1) is 0 Å². The molecule has 1 atom stereocenters. The van der Waals surface area contributed by atoms with Gasteiger partial charge >= 0.3 is 0 Å². The topological polar surface area (TPSA) is 58.6 Å². The van der Waals surface area contributed by atoms with E-state index in [1.807, 2.05) is 62.4 Å². The van der Waals surface area contributed by atoms with Gasteiger partial charge in [-0.1, -0.05) is 57.2 Å². The highest BCUT2D eigenvalue weighted by Gasteiger charge is 2.28. The minimum atomic E-state index is -0.548. The van der Waals surface area contributed by atoms with E-state index in [0.717, 1.165) is 10.0 Å². The first-order valence-corrected chi connectivity index (χ1v) is 11.2. The second-order valence-electron chi connectivity index (χ2n) is 7.46. The van der Waals surface area contributed by atoms with Crippen molar-refractivity contribution in [2.24, 2.45) is 0 Å². The van der Waals surface area contributed by atoms with Gasteiger partial charge in [0, 0.05) is 13.1 Å². The lowest BCUT2D eigenvalue weighted by atomic mass is 10.0. The normalized spacial score (nSPS) is 11.8. The monoisotopic (exact) mass is 474 g/mol. The molecule has 162 valence electrons. The molecule has 0 spiro atoms. The number of rotatable bonds is 10. The van der Waals surface area contributed by atoms with Gasteiger partial charge in [0.25, 0.3) is 5.91 Å². The van der Waals surface area contributed by atoms with E-state index in [1.54, 1.807) is 4.90 Å². The molecule has 0 aliphatic heterocycles. The molecular formula is C24H31BrN2O3. The van der Waals surface area contributed by atoms with Crippen molar-refractivity contribution in [3.05, 3.63) is 64.1 Å². The van der Waals surface area contributed by atoms with Crippen LogP contribution in [0.1, 0.15) is 51.2 Å². The molecule has 0 aliphatic carbocycles. The molecule has 2 rings (SSSR count). The molecular weight excluding hydrogens is 444 g/mol. The van der Waals surface area contributed by atoms with Crippen LogP contribution in [0.25, 0.3) is 0 Å². The van der Waals surface area contributed by atoms with Gasteiger partial charge in [0.15, 0.2) is 6.61 Å². The number of nitrogens with one attached hydrogen (secondary N) is 1. The van der Waals surface area contributed by atoms with Crippen molar-refractivity contribution in [3.63, 3.8) is 0 Å². The molecule has 0 radical (unpaired) electrons. The van der Waals surface area contributed by atoms with Gasteiger partial charge in [0.1, 0.15) is 11.8 Å². The number of amides is 2. The summed E-state index contributed by atoms with van der Waals surface area (Å²) in [5.41, 5.74) is 2.16. The zero-order chi connectivity index (χ0) is 22.1. The highest BCUT2D eigenvalue weighted by Crippen LogP contribution is 2.29. The van der Waals surface area contributed by atoms with Crippen molar-refractivity contribution >= 4 is 27.7 Å². The van der Waals surface area contributed by atoms with Crippen LogP contribution >= 0.6 is 15.9 Å². The maximum absolute atomic E-state index is 13.1. The van der Waals surface area contributed by atoms with Crippen LogP contribution < -0.4 is 10.1 Å². The Kier molecular flexibility index (Phi) is 9.37. The molecule has 2 aromatic carbocycles. The molecule has 5 nitrogen and oxygen atoms in total. The number of carbonyl (C=O) groups excluding carboxylic acids is 2. The van der Waals surface area contributed by atoms with Crippen LogP contribution in [0.5, 0.6) is 5.75 Å². The van der Waals surface area contributed by atoms with Crippen LogP contribution in [0.4, 0.5) is 0 Å². The first kappa shape index (κ1) is 23.9. The zero-order valence-corrected chi connectivity index (χ0v) is 19.7. The summed E-state index contributed by atoms with van der Waals surface area (Å²) in [6, 6.07) is 15.0. The predicted octanol–water partition coefficient (Wildman–Crippen LogP) is 4.89. The molecule has 0 saturated heterocycles. The molecule has 6 heteroatoms. The number of carbonyl (C=O) groups is 2. The van der Waals surface area contributed by atoms with Crippen LogP contribution in [0.3, 0.4) is 0 Å². The van der Waals surface area contributed by atoms with E-state index in [1.165, 1.54) is 5.56 Å². The first-order valence-electron chi connectivity index (χ1n) is 10.4. The molecule has 1 N–H and O–H groups in total. The Labute approximate surface area is 187 Å².